The molecule has 2 aromatic carbocycles. The molecule has 0 saturated carbocycles. The Morgan fingerprint density at radius 1 is 1.05 bits per heavy atom. The maximum absolute atomic E-state index is 11.8. The molecule has 0 aromatic heterocycles. The fourth-order valence-corrected chi connectivity index (χ4v) is 2.60. The minimum Gasteiger partial charge on any atom is -0.386 e. The van der Waals surface area contributed by atoms with Crippen LogP contribution >= 0.6 is 0 Å². The van der Waals surface area contributed by atoms with Gasteiger partial charge in [0.25, 0.3) is 0 Å². The number of hydrogen-bond acceptors (Lipinski definition) is 3. The van der Waals surface area contributed by atoms with Gasteiger partial charge in [0.2, 0.25) is 0 Å². The largest absolute Gasteiger partial charge is 0.386 e. The average Bonchev–Trinajstić information content (AvgIpc) is 2.71. The highest BCUT2D eigenvalue weighted by molar-refractivity contribution is 6.21. The second-order valence-corrected chi connectivity index (χ2v) is 4.78. The van der Waals surface area contributed by atoms with Gasteiger partial charge in [-0.3, -0.25) is 0 Å². The molecule has 0 unspecified atom stereocenters. The van der Waals surface area contributed by atoms with Crippen molar-refractivity contribution in [3.8, 4) is 0 Å². The first-order chi connectivity index (χ1) is 9.22. The van der Waals surface area contributed by atoms with Crippen molar-refractivity contribution in [2.75, 3.05) is 0 Å². The third kappa shape index (κ3) is 1.82. The van der Waals surface area contributed by atoms with Crippen LogP contribution in [-0.4, -0.2) is 11.9 Å². The molecule has 0 amide bonds. The maximum atomic E-state index is 11.8. The molecule has 0 bridgehead atoms. The summed E-state index contributed by atoms with van der Waals surface area (Å²) < 4.78 is 4.72. The number of benzene rings is 2. The van der Waals surface area contributed by atoms with Gasteiger partial charge in [-0.1, -0.05) is 37.6 Å². The van der Waals surface area contributed by atoms with E-state index in [1.54, 1.807) is 0 Å². The van der Waals surface area contributed by atoms with Crippen LogP contribution < -0.4 is 0 Å². The summed E-state index contributed by atoms with van der Waals surface area (Å²) in [6.07, 6.45) is 3.06. The highest BCUT2D eigenvalue weighted by atomic mass is 16.6. The number of unbranched alkanes of at least 4 members (excludes halogenated alkanes) is 1. The maximum Gasteiger partial charge on any atom is 0.347 e. The zero-order valence-electron chi connectivity index (χ0n) is 10.7. The number of esters is 2. The Balaban J connectivity index is 2.29. The van der Waals surface area contributed by atoms with Gasteiger partial charge in [-0.05, 0) is 35.2 Å². The number of cyclic esters (lactones) is 2. The van der Waals surface area contributed by atoms with Crippen molar-refractivity contribution in [1.29, 1.82) is 0 Å². The van der Waals surface area contributed by atoms with Crippen LogP contribution in [0.2, 0.25) is 0 Å². The third-order valence-electron chi connectivity index (χ3n) is 3.54. The SMILES string of the molecule is CCCCc1cc2c(c3ccccc13)C(=O)OC2=O. The van der Waals surface area contributed by atoms with E-state index in [4.69, 9.17) is 4.74 Å². The van der Waals surface area contributed by atoms with Crippen LogP contribution in [0.5, 0.6) is 0 Å². The second kappa shape index (κ2) is 4.50. The van der Waals surface area contributed by atoms with Crippen molar-refractivity contribution in [3.63, 3.8) is 0 Å². The molecule has 96 valence electrons. The van der Waals surface area contributed by atoms with E-state index in [1.165, 1.54) is 0 Å². The summed E-state index contributed by atoms with van der Waals surface area (Å²) in [5, 5.41) is 1.86. The molecule has 1 aliphatic rings. The van der Waals surface area contributed by atoms with Crippen LogP contribution in [0.4, 0.5) is 0 Å². The molecule has 2 aromatic rings. The zero-order valence-corrected chi connectivity index (χ0v) is 10.7. The van der Waals surface area contributed by atoms with Gasteiger partial charge in [-0.15, -0.1) is 0 Å². The van der Waals surface area contributed by atoms with Crippen molar-refractivity contribution in [1.82, 2.24) is 0 Å². The van der Waals surface area contributed by atoms with E-state index in [9.17, 15) is 9.59 Å². The van der Waals surface area contributed by atoms with Gasteiger partial charge in [-0.2, -0.15) is 0 Å². The Morgan fingerprint density at radius 3 is 2.53 bits per heavy atom. The van der Waals surface area contributed by atoms with E-state index in [2.05, 4.69) is 6.92 Å². The summed E-state index contributed by atoms with van der Waals surface area (Å²) in [7, 11) is 0. The summed E-state index contributed by atoms with van der Waals surface area (Å²) in [5.41, 5.74) is 1.94. The van der Waals surface area contributed by atoms with E-state index in [0.29, 0.717) is 11.1 Å². The van der Waals surface area contributed by atoms with E-state index >= 15 is 0 Å². The molecule has 0 atom stereocenters. The summed E-state index contributed by atoms with van der Waals surface area (Å²) in [4.78, 5) is 23.5. The highest BCUT2D eigenvalue weighted by Gasteiger charge is 2.32. The number of carbonyl (C=O) groups excluding carboxylic acids is 2. The molecule has 0 spiro atoms. The molecule has 0 aliphatic carbocycles. The number of rotatable bonds is 3. The minimum atomic E-state index is -0.529. The van der Waals surface area contributed by atoms with Crippen molar-refractivity contribution in [3.05, 3.63) is 47.0 Å². The topological polar surface area (TPSA) is 43.4 Å². The Kier molecular flexibility index (Phi) is 2.82. The third-order valence-corrected chi connectivity index (χ3v) is 3.54. The smallest absolute Gasteiger partial charge is 0.347 e. The molecule has 0 fully saturated rings. The molecule has 0 radical (unpaired) electrons. The second-order valence-electron chi connectivity index (χ2n) is 4.78. The lowest BCUT2D eigenvalue weighted by Gasteiger charge is -2.08. The molecular formula is C16H14O3. The summed E-state index contributed by atoms with van der Waals surface area (Å²) >= 11 is 0. The highest BCUT2D eigenvalue weighted by Crippen LogP contribution is 2.32. The first-order valence-corrected chi connectivity index (χ1v) is 6.53. The summed E-state index contributed by atoms with van der Waals surface area (Å²) in [5.74, 6) is -1.05. The van der Waals surface area contributed by atoms with Gasteiger partial charge in [-0.25, -0.2) is 9.59 Å². The summed E-state index contributed by atoms with van der Waals surface area (Å²) in [6.45, 7) is 2.13. The number of ether oxygens (including phenoxy) is 1. The van der Waals surface area contributed by atoms with Crippen molar-refractivity contribution in [2.45, 2.75) is 26.2 Å². The lowest BCUT2D eigenvalue weighted by atomic mass is 9.93. The number of carbonyl (C=O) groups is 2. The number of aryl methyl sites for hydroxylation is 1. The Morgan fingerprint density at radius 2 is 1.79 bits per heavy atom. The lowest BCUT2D eigenvalue weighted by Crippen LogP contribution is -1.97. The van der Waals surface area contributed by atoms with Crippen LogP contribution in [0.3, 0.4) is 0 Å². The van der Waals surface area contributed by atoms with Gasteiger partial charge in [0.1, 0.15) is 0 Å². The lowest BCUT2D eigenvalue weighted by molar-refractivity contribution is 0.0444. The molecule has 3 heteroatoms. The Hall–Kier alpha value is -2.16. The number of hydrogen-bond donors (Lipinski definition) is 0. The van der Waals surface area contributed by atoms with Crippen LogP contribution in [-0.2, 0) is 11.2 Å². The van der Waals surface area contributed by atoms with E-state index in [0.717, 1.165) is 35.6 Å². The van der Waals surface area contributed by atoms with Crippen LogP contribution in [0.15, 0.2) is 30.3 Å². The molecule has 3 rings (SSSR count). The number of fused-ring (bicyclic) bond motifs is 3. The zero-order chi connectivity index (χ0) is 13.4. The van der Waals surface area contributed by atoms with Crippen molar-refractivity contribution >= 4 is 22.7 Å². The van der Waals surface area contributed by atoms with Crippen LogP contribution in [0.25, 0.3) is 10.8 Å². The van der Waals surface area contributed by atoms with Crippen molar-refractivity contribution < 1.29 is 14.3 Å². The quantitative estimate of drug-likeness (QED) is 0.622. The molecule has 0 saturated heterocycles. The fourth-order valence-electron chi connectivity index (χ4n) is 2.60. The molecule has 0 N–H and O–H groups in total. The Labute approximate surface area is 111 Å². The van der Waals surface area contributed by atoms with Gasteiger partial charge in [0.05, 0.1) is 11.1 Å². The predicted molar refractivity (Wildman–Crippen MR) is 72.3 cm³/mol. The molecular weight excluding hydrogens is 240 g/mol. The predicted octanol–water partition coefficient (Wildman–Crippen LogP) is 3.49. The first-order valence-electron chi connectivity index (χ1n) is 6.53. The van der Waals surface area contributed by atoms with E-state index in [-0.39, 0.29) is 0 Å². The van der Waals surface area contributed by atoms with E-state index < -0.39 is 11.9 Å². The normalized spacial score (nSPS) is 13.7. The van der Waals surface area contributed by atoms with Crippen LogP contribution in [0, 0.1) is 0 Å². The molecule has 1 heterocycles. The van der Waals surface area contributed by atoms with Crippen LogP contribution in [0.1, 0.15) is 46.0 Å². The first kappa shape index (κ1) is 11.9. The molecule has 19 heavy (non-hydrogen) atoms. The molecule has 3 nitrogen and oxygen atoms in total. The monoisotopic (exact) mass is 254 g/mol. The average molecular weight is 254 g/mol. The molecule has 1 aliphatic heterocycles. The van der Waals surface area contributed by atoms with Gasteiger partial charge in [0.15, 0.2) is 0 Å². The van der Waals surface area contributed by atoms with Crippen molar-refractivity contribution in [2.24, 2.45) is 0 Å². The Bertz CT molecular complexity index is 686. The summed E-state index contributed by atoms with van der Waals surface area (Å²) in [6, 6.07) is 9.52. The standard InChI is InChI=1S/C16H14O3/c1-2-3-6-10-9-13-14(16(18)19-15(13)17)12-8-5-4-7-11(10)12/h4-5,7-9H,2-3,6H2,1H3. The van der Waals surface area contributed by atoms with Gasteiger partial charge in [0, 0.05) is 0 Å². The minimum absolute atomic E-state index is 0.412. The van der Waals surface area contributed by atoms with E-state index in [1.807, 2.05) is 30.3 Å². The van der Waals surface area contributed by atoms with Gasteiger partial charge < -0.3 is 4.74 Å². The fraction of sp³-hybridized carbons (Fsp3) is 0.250. The van der Waals surface area contributed by atoms with Gasteiger partial charge >= 0.3 is 11.9 Å².